The molecule has 6 heteroatoms. The molecule has 1 saturated heterocycles. The highest BCUT2D eigenvalue weighted by molar-refractivity contribution is 6.58. The van der Waals surface area contributed by atoms with Crippen molar-refractivity contribution in [2.45, 2.75) is 16.9 Å². The van der Waals surface area contributed by atoms with E-state index < -0.39 is 22.4 Å². The van der Waals surface area contributed by atoms with E-state index in [9.17, 15) is 9.59 Å². The van der Waals surface area contributed by atoms with Crippen LogP contribution in [0.15, 0.2) is 0 Å². The van der Waals surface area contributed by atoms with E-state index in [4.69, 9.17) is 23.2 Å². The van der Waals surface area contributed by atoms with Crippen molar-refractivity contribution in [2.24, 2.45) is 0 Å². The van der Waals surface area contributed by atoms with Gasteiger partial charge in [0.15, 0.2) is 0 Å². The number of methoxy groups -OCH3 is 1. The molecule has 1 atom stereocenters. The maximum Gasteiger partial charge on any atom is 0.347 e. The molecule has 1 unspecified atom stereocenters. The molecule has 0 aliphatic carbocycles. The van der Waals surface area contributed by atoms with Crippen LogP contribution in [0.4, 0.5) is 0 Å². The van der Waals surface area contributed by atoms with Crippen LogP contribution in [-0.2, 0) is 19.1 Å². The summed E-state index contributed by atoms with van der Waals surface area (Å²) in [7, 11) is 1.19. The number of ether oxygens (including phenoxy) is 2. The van der Waals surface area contributed by atoms with Gasteiger partial charge in [-0.05, 0) is 0 Å². The van der Waals surface area contributed by atoms with E-state index in [-0.39, 0.29) is 6.42 Å². The Labute approximate surface area is 78.7 Å². The number of halogens is 2. The predicted octanol–water partition coefficient (Wildman–Crippen LogP) is 0.649. The number of carbonyl (C=O) groups is 2. The molecule has 1 heterocycles. The Balaban J connectivity index is 2.67. The summed E-state index contributed by atoms with van der Waals surface area (Å²) in [6.45, 7) is 0. The zero-order valence-electron chi connectivity index (χ0n) is 6.17. The quantitative estimate of drug-likeness (QED) is 0.474. The first-order valence-corrected chi connectivity index (χ1v) is 3.89. The van der Waals surface area contributed by atoms with E-state index in [0.29, 0.717) is 0 Å². The minimum Gasteiger partial charge on any atom is -0.466 e. The number of carbonyl (C=O) groups excluding carboxylic acids is 2. The van der Waals surface area contributed by atoms with E-state index in [2.05, 4.69) is 9.47 Å². The Morgan fingerprint density at radius 3 is 2.67 bits per heavy atom. The highest BCUT2D eigenvalue weighted by Gasteiger charge is 2.49. The minimum atomic E-state index is -1.61. The largest absolute Gasteiger partial charge is 0.466 e. The summed E-state index contributed by atoms with van der Waals surface area (Å²) < 4.78 is 7.28. The molecular formula is C6H6Cl2O4. The third-order valence-corrected chi connectivity index (χ3v) is 2.07. The Kier molecular flexibility index (Phi) is 2.49. The van der Waals surface area contributed by atoms with Gasteiger partial charge >= 0.3 is 11.9 Å². The van der Waals surface area contributed by atoms with Gasteiger partial charge in [0.2, 0.25) is 10.4 Å². The van der Waals surface area contributed by atoms with Crippen molar-refractivity contribution in [3.05, 3.63) is 0 Å². The molecule has 1 rings (SSSR count). The summed E-state index contributed by atoms with van der Waals surface area (Å²) in [5.74, 6) is -1.45. The van der Waals surface area contributed by atoms with E-state index >= 15 is 0 Å². The average molecular weight is 213 g/mol. The molecule has 0 N–H and O–H groups in total. The molecule has 12 heavy (non-hydrogen) atoms. The fourth-order valence-corrected chi connectivity index (χ4v) is 1.21. The summed E-state index contributed by atoms with van der Waals surface area (Å²) in [5, 5.41) is 0. The molecule has 1 fully saturated rings. The van der Waals surface area contributed by atoms with Gasteiger partial charge in [-0.3, -0.25) is 0 Å². The molecule has 0 radical (unpaired) electrons. The number of hydrogen-bond acceptors (Lipinski definition) is 4. The fourth-order valence-electron chi connectivity index (χ4n) is 0.836. The zero-order valence-corrected chi connectivity index (χ0v) is 7.69. The van der Waals surface area contributed by atoms with E-state index in [0.717, 1.165) is 0 Å². The van der Waals surface area contributed by atoms with Gasteiger partial charge in [-0.25, -0.2) is 9.59 Å². The average Bonchev–Trinajstić information content (AvgIpc) is 2.25. The van der Waals surface area contributed by atoms with Crippen molar-refractivity contribution in [2.75, 3.05) is 7.11 Å². The van der Waals surface area contributed by atoms with Crippen LogP contribution in [-0.4, -0.2) is 29.5 Å². The Morgan fingerprint density at radius 1 is 1.75 bits per heavy atom. The van der Waals surface area contributed by atoms with Gasteiger partial charge in [-0.2, -0.15) is 0 Å². The molecule has 0 aromatic heterocycles. The third kappa shape index (κ3) is 1.64. The van der Waals surface area contributed by atoms with Gasteiger partial charge in [0.1, 0.15) is 0 Å². The number of rotatable bonds is 1. The van der Waals surface area contributed by atoms with Crippen molar-refractivity contribution in [3.8, 4) is 0 Å². The lowest BCUT2D eigenvalue weighted by molar-refractivity contribution is -0.159. The molecule has 0 spiro atoms. The Bertz CT molecular complexity index is 226. The summed E-state index contributed by atoms with van der Waals surface area (Å²) in [6.07, 6.45) is -1.04. The topological polar surface area (TPSA) is 52.6 Å². The number of cyclic esters (lactones) is 1. The first kappa shape index (κ1) is 9.61. The Hall–Kier alpha value is -0.480. The van der Waals surface area contributed by atoms with Crippen LogP contribution < -0.4 is 0 Å². The molecule has 0 aromatic rings. The van der Waals surface area contributed by atoms with Crippen molar-refractivity contribution in [1.29, 1.82) is 0 Å². The first-order valence-electron chi connectivity index (χ1n) is 3.14. The zero-order chi connectivity index (χ0) is 9.35. The van der Waals surface area contributed by atoms with Gasteiger partial charge < -0.3 is 9.47 Å². The fraction of sp³-hybridized carbons (Fsp3) is 0.667. The summed E-state index contributed by atoms with van der Waals surface area (Å²) in [6, 6.07) is 0. The molecular weight excluding hydrogens is 207 g/mol. The van der Waals surface area contributed by atoms with E-state index in [1.807, 2.05) is 0 Å². The molecule has 0 aromatic carbocycles. The smallest absolute Gasteiger partial charge is 0.347 e. The molecule has 68 valence electrons. The number of esters is 2. The van der Waals surface area contributed by atoms with Crippen LogP contribution in [0, 0.1) is 0 Å². The predicted molar refractivity (Wildman–Crippen MR) is 41.0 cm³/mol. The monoisotopic (exact) mass is 212 g/mol. The van der Waals surface area contributed by atoms with E-state index in [1.165, 1.54) is 7.11 Å². The second kappa shape index (κ2) is 3.11. The van der Waals surface area contributed by atoms with Crippen molar-refractivity contribution in [1.82, 2.24) is 0 Å². The second-order valence-electron chi connectivity index (χ2n) is 2.33. The first-order chi connectivity index (χ1) is 5.47. The number of alkyl halides is 2. The molecule has 0 amide bonds. The van der Waals surface area contributed by atoms with Crippen LogP contribution >= 0.6 is 23.2 Å². The molecule has 0 bridgehead atoms. The molecule has 0 saturated carbocycles. The third-order valence-electron chi connectivity index (χ3n) is 1.45. The van der Waals surface area contributed by atoms with Gasteiger partial charge in [0, 0.05) is 6.42 Å². The van der Waals surface area contributed by atoms with Crippen LogP contribution in [0.1, 0.15) is 6.42 Å². The van der Waals surface area contributed by atoms with Crippen LogP contribution in [0.25, 0.3) is 0 Å². The second-order valence-corrected chi connectivity index (χ2v) is 3.81. The SMILES string of the molecule is COC(=O)C1CC(Cl)(Cl)C(=O)O1. The highest BCUT2D eigenvalue weighted by Crippen LogP contribution is 2.35. The van der Waals surface area contributed by atoms with Gasteiger partial charge in [0.25, 0.3) is 0 Å². The summed E-state index contributed by atoms with van der Waals surface area (Å²) >= 11 is 11.0. The lowest BCUT2D eigenvalue weighted by atomic mass is 10.2. The summed E-state index contributed by atoms with van der Waals surface area (Å²) in [5.41, 5.74) is 0. The summed E-state index contributed by atoms with van der Waals surface area (Å²) in [4.78, 5) is 21.7. The standard InChI is InChI=1S/C6H6Cl2O4/c1-11-4(9)3-2-6(7,8)5(10)12-3/h3H,2H2,1H3. The van der Waals surface area contributed by atoms with Gasteiger partial charge in [-0.15, -0.1) is 0 Å². The van der Waals surface area contributed by atoms with Crippen molar-refractivity contribution < 1.29 is 19.1 Å². The van der Waals surface area contributed by atoms with Crippen LogP contribution in [0.2, 0.25) is 0 Å². The minimum absolute atomic E-state index is 0.0678. The maximum absolute atomic E-state index is 10.8. The molecule has 1 aliphatic heterocycles. The van der Waals surface area contributed by atoms with Crippen LogP contribution in [0.5, 0.6) is 0 Å². The Morgan fingerprint density at radius 2 is 2.33 bits per heavy atom. The van der Waals surface area contributed by atoms with Crippen LogP contribution in [0.3, 0.4) is 0 Å². The normalized spacial score (nSPS) is 26.6. The maximum atomic E-state index is 10.8. The molecule has 1 aliphatic rings. The lowest BCUT2D eigenvalue weighted by Gasteiger charge is -2.04. The molecule has 4 nitrogen and oxygen atoms in total. The van der Waals surface area contributed by atoms with Gasteiger partial charge in [-0.1, -0.05) is 23.2 Å². The van der Waals surface area contributed by atoms with Crippen molar-refractivity contribution in [3.63, 3.8) is 0 Å². The highest BCUT2D eigenvalue weighted by atomic mass is 35.5. The van der Waals surface area contributed by atoms with Crippen molar-refractivity contribution >= 4 is 35.1 Å². The lowest BCUT2D eigenvalue weighted by Crippen LogP contribution is -2.21. The van der Waals surface area contributed by atoms with E-state index in [1.54, 1.807) is 0 Å². The number of hydrogen-bond donors (Lipinski definition) is 0. The van der Waals surface area contributed by atoms with Gasteiger partial charge in [0.05, 0.1) is 7.11 Å².